The van der Waals surface area contributed by atoms with E-state index in [1.165, 1.54) is 25.3 Å². The molecule has 0 spiro atoms. The maximum absolute atomic E-state index is 10.8. The molecule has 1 aromatic rings. The van der Waals surface area contributed by atoms with Gasteiger partial charge in [-0.25, -0.2) is 0 Å². The van der Waals surface area contributed by atoms with Crippen molar-refractivity contribution in [3.05, 3.63) is 28.3 Å². The third kappa shape index (κ3) is 3.43. The molecule has 2 N–H and O–H groups in total. The number of nitro groups is 1. The van der Waals surface area contributed by atoms with Crippen LogP contribution in [0.1, 0.15) is 19.8 Å². The van der Waals surface area contributed by atoms with Crippen molar-refractivity contribution in [3.8, 4) is 11.5 Å². The van der Waals surface area contributed by atoms with Gasteiger partial charge in [-0.05, 0) is 12.5 Å². The summed E-state index contributed by atoms with van der Waals surface area (Å²) < 4.78 is 16.6. The number of nitrogens with zero attached hydrogens (tertiary/aromatic N) is 1. The number of hydrogen-bond acceptors (Lipinski definition) is 6. The number of methoxy groups -OCH3 is 1. The SMILES string of the molecule is CCCOC1C(N)CC1Oc1ccc([N+](=O)[O-])cc1OC. The topological polar surface area (TPSA) is 96.9 Å². The van der Waals surface area contributed by atoms with Gasteiger partial charge in [-0.3, -0.25) is 10.1 Å². The van der Waals surface area contributed by atoms with Crippen LogP contribution in [0.15, 0.2) is 18.2 Å². The van der Waals surface area contributed by atoms with Crippen LogP contribution < -0.4 is 15.2 Å². The fourth-order valence-corrected chi connectivity index (χ4v) is 2.25. The van der Waals surface area contributed by atoms with Crippen molar-refractivity contribution in [2.24, 2.45) is 5.73 Å². The highest BCUT2D eigenvalue weighted by molar-refractivity contribution is 5.48. The number of ether oxygens (including phenoxy) is 3. The van der Waals surface area contributed by atoms with Crippen LogP contribution in [0.3, 0.4) is 0 Å². The molecule has 0 aromatic heterocycles. The molecule has 0 aliphatic heterocycles. The largest absolute Gasteiger partial charge is 0.493 e. The van der Waals surface area contributed by atoms with Crippen molar-refractivity contribution in [2.75, 3.05) is 13.7 Å². The van der Waals surface area contributed by atoms with Gasteiger partial charge in [0.25, 0.3) is 5.69 Å². The Morgan fingerprint density at radius 1 is 1.43 bits per heavy atom. The Morgan fingerprint density at radius 3 is 2.76 bits per heavy atom. The Kier molecular flexibility index (Phi) is 4.98. The second-order valence-electron chi connectivity index (χ2n) is 4.98. The van der Waals surface area contributed by atoms with Gasteiger partial charge in [-0.1, -0.05) is 6.92 Å². The van der Waals surface area contributed by atoms with E-state index < -0.39 is 4.92 Å². The molecule has 0 bridgehead atoms. The van der Waals surface area contributed by atoms with Gasteiger partial charge in [-0.2, -0.15) is 0 Å². The van der Waals surface area contributed by atoms with E-state index in [1.54, 1.807) is 0 Å². The summed E-state index contributed by atoms with van der Waals surface area (Å²) in [5.74, 6) is 0.795. The predicted octanol–water partition coefficient (Wildman–Crippen LogP) is 1.88. The van der Waals surface area contributed by atoms with E-state index in [4.69, 9.17) is 19.9 Å². The molecule has 116 valence electrons. The minimum atomic E-state index is -0.473. The second kappa shape index (κ2) is 6.73. The lowest BCUT2D eigenvalue weighted by atomic mass is 9.86. The maximum Gasteiger partial charge on any atom is 0.273 e. The maximum atomic E-state index is 10.8. The molecule has 1 saturated carbocycles. The number of nitrogens with two attached hydrogens (primary N) is 1. The van der Waals surface area contributed by atoms with E-state index in [9.17, 15) is 10.1 Å². The smallest absolute Gasteiger partial charge is 0.273 e. The quantitative estimate of drug-likeness (QED) is 0.609. The van der Waals surface area contributed by atoms with Crippen molar-refractivity contribution < 1.29 is 19.1 Å². The van der Waals surface area contributed by atoms with Gasteiger partial charge in [0.1, 0.15) is 12.2 Å². The highest BCUT2D eigenvalue weighted by Gasteiger charge is 2.42. The standard InChI is InChI=1S/C14H20N2O5/c1-3-6-20-14-10(15)8-13(14)21-11-5-4-9(16(17)18)7-12(11)19-2/h4-5,7,10,13-14H,3,6,8,15H2,1-2H3. The molecule has 0 radical (unpaired) electrons. The lowest BCUT2D eigenvalue weighted by Crippen LogP contribution is -2.59. The fourth-order valence-electron chi connectivity index (χ4n) is 2.25. The number of non-ortho nitro benzene ring substituents is 1. The summed E-state index contributed by atoms with van der Waals surface area (Å²) >= 11 is 0. The number of benzene rings is 1. The molecule has 7 nitrogen and oxygen atoms in total. The van der Waals surface area contributed by atoms with Crippen LogP contribution in [0, 0.1) is 10.1 Å². The highest BCUT2D eigenvalue weighted by atomic mass is 16.6. The lowest BCUT2D eigenvalue weighted by Gasteiger charge is -2.41. The predicted molar refractivity (Wildman–Crippen MR) is 76.7 cm³/mol. The monoisotopic (exact) mass is 296 g/mol. The van der Waals surface area contributed by atoms with Gasteiger partial charge >= 0.3 is 0 Å². The van der Waals surface area contributed by atoms with Crippen molar-refractivity contribution in [3.63, 3.8) is 0 Å². The molecule has 21 heavy (non-hydrogen) atoms. The second-order valence-corrected chi connectivity index (χ2v) is 4.98. The van der Waals surface area contributed by atoms with Crippen LogP contribution in [0.4, 0.5) is 5.69 Å². The molecular formula is C14H20N2O5. The lowest BCUT2D eigenvalue weighted by molar-refractivity contribution is -0.385. The normalized spacial score (nSPS) is 24.2. The van der Waals surface area contributed by atoms with Crippen LogP contribution in [-0.4, -0.2) is 36.9 Å². The van der Waals surface area contributed by atoms with Crippen LogP contribution in [0.25, 0.3) is 0 Å². The van der Waals surface area contributed by atoms with E-state index in [0.717, 1.165) is 6.42 Å². The summed E-state index contributed by atoms with van der Waals surface area (Å²) in [5, 5.41) is 10.8. The first-order valence-corrected chi connectivity index (χ1v) is 6.93. The van der Waals surface area contributed by atoms with Crippen molar-refractivity contribution in [2.45, 2.75) is 38.0 Å². The first-order chi connectivity index (χ1) is 10.1. The molecule has 3 atom stereocenters. The summed E-state index contributed by atoms with van der Waals surface area (Å²) in [7, 11) is 1.45. The molecular weight excluding hydrogens is 276 g/mol. The Balaban J connectivity index is 2.07. The first-order valence-electron chi connectivity index (χ1n) is 6.93. The van der Waals surface area contributed by atoms with Crippen molar-refractivity contribution >= 4 is 5.69 Å². The van der Waals surface area contributed by atoms with Gasteiger partial charge in [0.15, 0.2) is 11.5 Å². The summed E-state index contributed by atoms with van der Waals surface area (Å²) in [5.41, 5.74) is 5.88. The zero-order chi connectivity index (χ0) is 15.4. The van der Waals surface area contributed by atoms with Crippen LogP contribution in [0.5, 0.6) is 11.5 Å². The third-order valence-electron chi connectivity index (χ3n) is 3.44. The molecule has 2 rings (SSSR count). The Hall–Kier alpha value is -1.86. The van der Waals surface area contributed by atoms with E-state index in [1.807, 2.05) is 6.92 Å². The Labute approximate surface area is 123 Å². The summed E-state index contributed by atoms with van der Waals surface area (Å²) in [6.07, 6.45) is 1.30. The number of hydrogen-bond donors (Lipinski definition) is 1. The minimum absolute atomic E-state index is 0.0365. The third-order valence-corrected chi connectivity index (χ3v) is 3.44. The molecule has 7 heteroatoms. The number of rotatable bonds is 7. The molecule has 0 heterocycles. The van der Waals surface area contributed by atoms with E-state index >= 15 is 0 Å². The Morgan fingerprint density at radius 2 is 2.19 bits per heavy atom. The minimum Gasteiger partial charge on any atom is -0.493 e. The van der Waals surface area contributed by atoms with Crippen LogP contribution in [-0.2, 0) is 4.74 Å². The Bertz CT molecular complexity index is 508. The highest BCUT2D eigenvalue weighted by Crippen LogP contribution is 2.35. The van der Waals surface area contributed by atoms with Gasteiger partial charge < -0.3 is 19.9 Å². The first kappa shape index (κ1) is 15.5. The molecule has 0 amide bonds. The molecule has 3 unspecified atom stereocenters. The van der Waals surface area contributed by atoms with Crippen LogP contribution in [0.2, 0.25) is 0 Å². The zero-order valence-electron chi connectivity index (χ0n) is 12.2. The summed E-state index contributed by atoms with van der Waals surface area (Å²) in [4.78, 5) is 10.3. The summed E-state index contributed by atoms with van der Waals surface area (Å²) in [6.45, 7) is 2.66. The molecule has 1 aliphatic rings. The fraction of sp³-hybridized carbons (Fsp3) is 0.571. The average Bonchev–Trinajstić information content (AvgIpc) is 2.47. The van der Waals surface area contributed by atoms with E-state index in [2.05, 4.69) is 0 Å². The molecule has 1 aromatic carbocycles. The van der Waals surface area contributed by atoms with Gasteiger partial charge in [0.05, 0.1) is 18.1 Å². The average molecular weight is 296 g/mol. The number of nitro benzene ring substituents is 1. The van der Waals surface area contributed by atoms with Gasteiger partial charge in [0, 0.05) is 25.1 Å². The zero-order valence-corrected chi connectivity index (χ0v) is 12.2. The van der Waals surface area contributed by atoms with E-state index in [0.29, 0.717) is 24.5 Å². The van der Waals surface area contributed by atoms with Crippen molar-refractivity contribution in [1.82, 2.24) is 0 Å². The van der Waals surface area contributed by atoms with Crippen molar-refractivity contribution in [1.29, 1.82) is 0 Å². The van der Waals surface area contributed by atoms with Gasteiger partial charge in [-0.15, -0.1) is 0 Å². The van der Waals surface area contributed by atoms with Gasteiger partial charge in [0.2, 0.25) is 0 Å². The molecule has 1 aliphatic carbocycles. The molecule has 0 saturated heterocycles. The summed E-state index contributed by atoms with van der Waals surface area (Å²) in [6, 6.07) is 4.23. The van der Waals surface area contributed by atoms with Crippen LogP contribution >= 0.6 is 0 Å². The molecule has 1 fully saturated rings. The van der Waals surface area contributed by atoms with E-state index in [-0.39, 0.29) is 23.9 Å².